The zero-order chi connectivity index (χ0) is 11.1. The molecule has 3 rings (SSSR count). The third-order valence-electron chi connectivity index (χ3n) is 3.48. The second kappa shape index (κ2) is 3.74. The van der Waals surface area contributed by atoms with E-state index in [1.165, 1.54) is 28.9 Å². The third kappa shape index (κ3) is 1.42. The molecule has 0 aromatic carbocycles. The lowest BCUT2D eigenvalue weighted by atomic mass is 9.93. The van der Waals surface area contributed by atoms with Crippen LogP contribution in [0.25, 0.3) is 11.1 Å². The highest BCUT2D eigenvalue weighted by atomic mass is 32.1. The molecule has 0 atom stereocenters. The van der Waals surface area contributed by atoms with E-state index in [1.807, 2.05) is 11.3 Å². The van der Waals surface area contributed by atoms with Gasteiger partial charge in [0.15, 0.2) is 0 Å². The summed E-state index contributed by atoms with van der Waals surface area (Å²) in [7, 11) is 0. The number of rotatable bonds is 0. The van der Waals surface area contributed by atoms with Crippen LogP contribution in [-0.2, 0) is 12.8 Å². The monoisotopic (exact) mass is 228 g/mol. The maximum absolute atomic E-state index is 2.38. The predicted molar refractivity (Wildman–Crippen MR) is 72.8 cm³/mol. The van der Waals surface area contributed by atoms with E-state index in [4.69, 9.17) is 0 Å². The molecule has 1 heteroatoms. The van der Waals surface area contributed by atoms with Crippen LogP contribution in [0.1, 0.15) is 41.1 Å². The highest BCUT2D eigenvalue weighted by Crippen LogP contribution is 2.41. The van der Waals surface area contributed by atoms with Crippen LogP contribution in [0, 0.1) is 0 Å². The smallest absolute Gasteiger partial charge is 0.0344 e. The molecule has 0 amide bonds. The van der Waals surface area contributed by atoms with Crippen molar-refractivity contribution >= 4 is 22.5 Å². The first-order chi connectivity index (χ1) is 7.77. The molecule has 82 valence electrons. The Morgan fingerprint density at radius 3 is 2.75 bits per heavy atom. The van der Waals surface area contributed by atoms with Gasteiger partial charge in [0.1, 0.15) is 0 Å². The van der Waals surface area contributed by atoms with Crippen LogP contribution in [0.4, 0.5) is 0 Å². The SMILES string of the molecule is CC1=CC=CCc2c1sc1c2CCC=C1C. The molecule has 0 nitrogen and oxygen atoms in total. The predicted octanol–water partition coefficient (Wildman–Crippen LogP) is 4.61. The molecule has 0 aliphatic heterocycles. The Balaban J connectivity index is 2.23. The normalized spacial score (nSPS) is 18.4. The minimum Gasteiger partial charge on any atom is -0.135 e. The quantitative estimate of drug-likeness (QED) is 0.608. The van der Waals surface area contributed by atoms with Crippen molar-refractivity contribution in [3.05, 3.63) is 45.2 Å². The fourth-order valence-corrected chi connectivity index (χ4v) is 3.97. The lowest BCUT2D eigenvalue weighted by Gasteiger charge is -2.11. The Kier molecular flexibility index (Phi) is 2.36. The summed E-state index contributed by atoms with van der Waals surface area (Å²) in [6.07, 6.45) is 12.7. The van der Waals surface area contributed by atoms with Gasteiger partial charge in [-0.05, 0) is 55.4 Å². The summed E-state index contributed by atoms with van der Waals surface area (Å²) in [6.45, 7) is 4.48. The lowest BCUT2D eigenvalue weighted by molar-refractivity contribution is 0.964. The summed E-state index contributed by atoms with van der Waals surface area (Å²) < 4.78 is 0. The van der Waals surface area contributed by atoms with E-state index in [2.05, 4.69) is 38.2 Å². The maximum atomic E-state index is 2.38. The zero-order valence-corrected chi connectivity index (χ0v) is 10.7. The fourth-order valence-electron chi connectivity index (χ4n) is 2.62. The average Bonchev–Trinajstić information content (AvgIpc) is 2.55. The van der Waals surface area contributed by atoms with Crippen molar-refractivity contribution in [1.82, 2.24) is 0 Å². The van der Waals surface area contributed by atoms with Crippen LogP contribution in [0.15, 0.2) is 24.3 Å². The molecular weight excluding hydrogens is 212 g/mol. The highest BCUT2D eigenvalue weighted by Gasteiger charge is 2.21. The van der Waals surface area contributed by atoms with Crippen LogP contribution >= 0.6 is 11.3 Å². The Labute approximate surface area is 101 Å². The zero-order valence-electron chi connectivity index (χ0n) is 9.84. The first-order valence-electron chi connectivity index (χ1n) is 5.93. The Bertz CT molecular complexity index is 524. The molecule has 0 bridgehead atoms. The number of thiophene rings is 1. The van der Waals surface area contributed by atoms with Gasteiger partial charge in [-0.2, -0.15) is 0 Å². The van der Waals surface area contributed by atoms with Crippen LogP contribution in [-0.4, -0.2) is 0 Å². The third-order valence-corrected chi connectivity index (χ3v) is 5.03. The average molecular weight is 228 g/mol. The molecular formula is C15H16S. The Morgan fingerprint density at radius 1 is 1.06 bits per heavy atom. The second-order valence-corrected chi connectivity index (χ2v) is 5.65. The Morgan fingerprint density at radius 2 is 1.88 bits per heavy atom. The fraction of sp³-hybridized carbons (Fsp3) is 0.333. The van der Waals surface area contributed by atoms with Crippen LogP contribution in [0.3, 0.4) is 0 Å². The summed E-state index contributed by atoms with van der Waals surface area (Å²) in [5.74, 6) is 0. The highest BCUT2D eigenvalue weighted by molar-refractivity contribution is 7.14. The van der Waals surface area contributed by atoms with E-state index in [0.29, 0.717) is 0 Å². The second-order valence-electron chi connectivity index (χ2n) is 4.63. The molecule has 0 fully saturated rings. The first-order valence-corrected chi connectivity index (χ1v) is 6.74. The number of fused-ring (bicyclic) bond motifs is 3. The molecule has 0 radical (unpaired) electrons. The summed E-state index contributed by atoms with van der Waals surface area (Å²) in [5, 5.41) is 0. The molecule has 1 aromatic rings. The van der Waals surface area contributed by atoms with E-state index in [1.54, 1.807) is 16.0 Å². The summed E-state index contributed by atoms with van der Waals surface area (Å²) in [4.78, 5) is 3.06. The first kappa shape index (κ1) is 10.1. The molecule has 2 aliphatic rings. The molecule has 0 saturated heterocycles. The molecule has 0 spiro atoms. The minimum atomic E-state index is 1.11. The van der Waals surface area contributed by atoms with Gasteiger partial charge in [0, 0.05) is 9.75 Å². The lowest BCUT2D eigenvalue weighted by Crippen LogP contribution is -1.97. The van der Waals surface area contributed by atoms with Crippen molar-refractivity contribution in [2.24, 2.45) is 0 Å². The largest absolute Gasteiger partial charge is 0.135 e. The van der Waals surface area contributed by atoms with Gasteiger partial charge < -0.3 is 0 Å². The maximum Gasteiger partial charge on any atom is 0.0344 e. The van der Waals surface area contributed by atoms with Crippen LogP contribution in [0.5, 0.6) is 0 Å². The van der Waals surface area contributed by atoms with Gasteiger partial charge in [-0.25, -0.2) is 0 Å². The molecule has 2 aliphatic carbocycles. The van der Waals surface area contributed by atoms with E-state index in [0.717, 1.165) is 6.42 Å². The van der Waals surface area contributed by atoms with Gasteiger partial charge in [0.2, 0.25) is 0 Å². The van der Waals surface area contributed by atoms with Crippen molar-refractivity contribution in [3.8, 4) is 0 Å². The van der Waals surface area contributed by atoms with Crippen molar-refractivity contribution in [3.63, 3.8) is 0 Å². The number of hydrogen-bond acceptors (Lipinski definition) is 1. The van der Waals surface area contributed by atoms with E-state index < -0.39 is 0 Å². The van der Waals surface area contributed by atoms with Gasteiger partial charge >= 0.3 is 0 Å². The summed E-state index contributed by atoms with van der Waals surface area (Å²) in [5.41, 5.74) is 6.13. The van der Waals surface area contributed by atoms with E-state index in [-0.39, 0.29) is 0 Å². The number of hydrogen-bond donors (Lipinski definition) is 0. The van der Waals surface area contributed by atoms with Crippen LogP contribution in [0.2, 0.25) is 0 Å². The molecule has 0 unspecified atom stereocenters. The van der Waals surface area contributed by atoms with Crippen molar-refractivity contribution in [2.75, 3.05) is 0 Å². The molecule has 0 saturated carbocycles. The standard InChI is InChI=1S/C15H16S/c1-10-6-3-4-8-12-13-9-5-7-11(2)15(13)16-14(10)12/h3-4,6-7H,5,8-9H2,1-2H3. The van der Waals surface area contributed by atoms with Gasteiger partial charge in [0.05, 0.1) is 0 Å². The van der Waals surface area contributed by atoms with Crippen molar-refractivity contribution in [2.45, 2.75) is 33.1 Å². The van der Waals surface area contributed by atoms with E-state index in [9.17, 15) is 0 Å². The topological polar surface area (TPSA) is 0 Å². The minimum absolute atomic E-state index is 1.11. The summed E-state index contributed by atoms with van der Waals surface area (Å²) in [6, 6.07) is 0. The van der Waals surface area contributed by atoms with Gasteiger partial charge in [-0.1, -0.05) is 24.3 Å². The molecule has 1 heterocycles. The van der Waals surface area contributed by atoms with E-state index >= 15 is 0 Å². The summed E-state index contributed by atoms with van der Waals surface area (Å²) >= 11 is 1.99. The van der Waals surface area contributed by atoms with Crippen LogP contribution < -0.4 is 0 Å². The number of allylic oxidation sites excluding steroid dienone is 6. The van der Waals surface area contributed by atoms with Crippen molar-refractivity contribution in [1.29, 1.82) is 0 Å². The van der Waals surface area contributed by atoms with Gasteiger partial charge in [-0.15, -0.1) is 11.3 Å². The van der Waals surface area contributed by atoms with Crippen molar-refractivity contribution < 1.29 is 0 Å². The van der Waals surface area contributed by atoms with Gasteiger partial charge in [0.25, 0.3) is 0 Å². The molecule has 0 N–H and O–H groups in total. The Hall–Kier alpha value is -1.08. The van der Waals surface area contributed by atoms with Gasteiger partial charge in [-0.3, -0.25) is 0 Å². The molecule has 1 aromatic heterocycles. The molecule has 16 heavy (non-hydrogen) atoms.